The van der Waals surface area contributed by atoms with Gasteiger partial charge in [-0.05, 0) is 44.6 Å². The summed E-state index contributed by atoms with van der Waals surface area (Å²) in [4.78, 5) is 5.31. The van der Waals surface area contributed by atoms with Gasteiger partial charge in [-0.15, -0.1) is 0 Å². The first-order chi connectivity index (χ1) is 9.28. The van der Waals surface area contributed by atoms with Gasteiger partial charge < -0.3 is 5.11 Å². The van der Waals surface area contributed by atoms with Gasteiger partial charge in [-0.1, -0.05) is 19.8 Å². The van der Waals surface area contributed by atoms with Crippen LogP contribution in [0.3, 0.4) is 0 Å². The molecule has 3 aliphatic rings. The summed E-state index contributed by atoms with van der Waals surface area (Å²) in [5.74, 6) is 0.845. The third-order valence-electron chi connectivity index (χ3n) is 5.80. The second-order valence-electron chi connectivity index (χ2n) is 6.90. The molecule has 3 nitrogen and oxygen atoms in total. The molecule has 1 aliphatic carbocycles. The number of aliphatic hydroxyl groups excluding tert-OH is 1. The highest BCUT2D eigenvalue weighted by Crippen LogP contribution is 2.32. The summed E-state index contributed by atoms with van der Waals surface area (Å²) < 4.78 is 0. The Bertz CT molecular complexity index is 296. The predicted octanol–water partition coefficient (Wildman–Crippen LogP) is 2.10. The summed E-state index contributed by atoms with van der Waals surface area (Å²) in [5, 5.41) is 10.4. The SMILES string of the molecule is CCC1CCC(O)C(N2CCN3CCCCC3C2)C1. The lowest BCUT2D eigenvalue weighted by atomic mass is 9.81. The molecule has 0 spiro atoms. The molecule has 19 heavy (non-hydrogen) atoms. The van der Waals surface area contributed by atoms with Gasteiger partial charge in [0.25, 0.3) is 0 Å². The summed E-state index contributed by atoms with van der Waals surface area (Å²) in [6, 6.07) is 1.22. The molecule has 0 aromatic rings. The fourth-order valence-electron chi connectivity index (χ4n) is 4.46. The van der Waals surface area contributed by atoms with Crippen LogP contribution in [-0.2, 0) is 0 Å². The highest BCUT2D eigenvalue weighted by atomic mass is 16.3. The Morgan fingerprint density at radius 1 is 1.00 bits per heavy atom. The largest absolute Gasteiger partial charge is 0.391 e. The summed E-state index contributed by atoms with van der Waals surface area (Å²) in [6.07, 6.45) is 8.86. The van der Waals surface area contributed by atoms with Crippen LogP contribution in [0.5, 0.6) is 0 Å². The van der Waals surface area contributed by atoms with E-state index in [0.29, 0.717) is 6.04 Å². The number of fused-ring (bicyclic) bond motifs is 1. The standard InChI is InChI=1S/C16H30N2O/c1-2-13-6-7-16(19)15(11-13)18-10-9-17-8-4-3-5-14(17)12-18/h13-16,19H,2-12H2,1H3. The minimum absolute atomic E-state index is 0.0714. The van der Waals surface area contributed by atoms with Crippen molar-refractivity contribution in [2.75, 3.05) is 26.2 Å². The Morgan fingerprint density at radius 3 is 2.68 bits per heavy atom. The Balaban J connectivity index is 1.61. The number of rotatable bonds is 2. The van der Waals surface area contributed by atoms with Crippen LogP contribution in [0.4, 0.5) is 0 Å². The van der Waals surface area contributed by atoms with E-state index in [2.05, 4.69) is 16.7 Å². The van der Waals surface area contributed by atoms with Crippen LogP contribution < -0.4 is 0 Å². The van der Waals surface area contributed by atoms with Crippen molar-refractivity contribution in [3.8, 4) is 0 Å². The van der Waals surface area contributed by atoms with Crippen molar-refractivity contribution < 1.29 is 5.11 Å². The van der Waals surface area contributed by atoms with Gasteiger partial charge in [0.1, 0.15) is 0 Å². The van der Waals surface area contributed by atoms with Gasteiger partial charge in [0, 0.05) is 31.7 Å². The molecule has 0 aromatic carbocycles. The topological polar surface area (TPSA) is 26.7 Å². The van der Waals surface area contributed by atoms with Gasteiger partial charge in [0.15, 0.2) is 0 Å². The molecule has 0 amide bonds. The number of hydrogen-bond acceptors (Lipinski definition) is 3. The van der Waals surface area contributed by atoms with Crippen LogP contribution in [-0.4, -0.2) is 59.3 Å². The monoisotopic (exact) mass is 266 g/mol. The fraction of sp³-hybridized carbons (Fsp3) is 1.00. The maximum Gasteiger partial charge on any atom is 0.0695 e. The number of nitrogens with zero attached hydrogens (tertiary/aromatic N) is 2. The normalized spacial score (nSPS) is 42.0. The first-order valence-electron chi connectivity index (χ1n) is 8.44. The smallest absolute Gasteiger partial charge is 0.0695 e. The van der Waals surface area contributed by atoms with Gasteiger partial charge >= 0.3 is 0 Å². The Hall–Kier alpha value is -0.120. The van der Waals surface area contributed by atoms with Crippen molar-refractivity contribution >= 4 is 0 Å². The van der Waals surface area contributed by atoms with Crippen molar-refractivity contribution in [2.45, 2.75) is 70.1 Å². The first-order valence-corrected chi connectivity index (χ1v) is 8.44. The van der Waals surface area contributed by atoms with Crippen molar-refractivity contribution in [1.82, 2.24) is 9.80 Å². The van der Waals surface area contributed by atoms with E-state index in [1.165, 1.54) is 64.7 Å². The molecule has 0 aromatic heterocycles. The van der Waals surface area contributed by atoms with E-state index < -0.39 is 0 Å². The van der Waals surface area contributed by atoms with E-state index in [4.69, 9.17) is 0 Å². The second kappa shape index (κ2) is 6.11. The van der Waals surface area contributed by atoms with Crippen LogP contribution in [0, 0.1) is 5.92 Å². The number of aliphatic hydroxyl groups is 1. The molecule has 4 atom stereocenters. The molecule has 1 N–H and O–H groups in total. The van der Waals surface area contributed by atoms with Crippen molar-refractivity contribution in [1.29, 1.82) is 0 Å². The van der Waals surface area contributed by atoms with Crippen LogP contribution >= 0.6 is 0 Å². The summed E-state index contributed by atoms with van der Waals surface area (Å²) in [6.45, 7) is 7.22. The molecule has 4 unspecified atom stereocenters. The molecular formula is C16H30N2O. The van der Waals surface area contributed by atoms with Crippen LogP contribution in [0.2, 0.25) is 0 Å². The molecule has 2 saturated heterocycles. The Kier molecular flexibility index (Phi) is 4.45. The van der Waals surface area contributed by atoms with E-state index in [1.54, 1.807) is 0 Å². The minimum Gasteiger partial charge on any atom is -0.391 e. The van der Waals surface area contributed by atoms with Crippen molar-refractivity contribution in [3.63, 3.8) is 0 Å². The third-order valence-corrected chi connectivity index (χ3v) is 5.80. The summed E-state index contributed by atoms with van der Waals surface area (Å²) >= 11 is 0. The molecule has 110 valence electrons. The zero-order chi connectivity index (χ0) is 13.2. The average molecular weight is 266 g/mol. The third kappa shape index (κ3) is 2.98. The quantitative estimate of drug-likeness (QED) is 0.829. The molecule has 2 aliphatic heterocycles. The number of piperidine rings is 1. The first kappa shape index (κ1) is 13.8. The van der Waals surface area contributed by atoms with E-state index in [1.807, 2.05) is 0 Å². The van der Waals surface area contributed by atoms with Crippen LogP contribution in [0.15, 0.2) is 0 Å². The van der Waals surface area contributed by atoms with E-state index in [9.17, 15) is 5.11 Å². The van der Waals surface area contributed by atoms with Gasteiger partial charge in [0.2, 0.25) is 0 Å². The molecule has 1 saturated carbocycles. The Labute approximate surface area is 118 Å². The van der Waals surface area contributed by atoms with Crippen molar-refractivity contribution in [3.05, 3.63) is 0 Å². The average Bonchev–Trinajstić information content (AvgIpc) is 2.47. The van der Waals surface area contributed by atoms with Gasteiger partial charge in [-0.3, -0.25) is 9.80 Å². The van der Waals surface area contributed by atoms with Crippen LogP contribution in [0.1, 0.15) is 51.9 Å². The lowest BCUT2D eigenvalue weighted by Crippen LogP contribution is -2.60. The summed E-state index contributed by atoms with van der Waals surface area (Å²) in [7, 11) is 0. The molecule has 3 rings (SSSR count). The molecule has 3 fully saturated rings. The van der Waals surface area contributed by atoms with Gasteiger partial charge in [-0.25, -0.2) is 0 Å². The molecule has 0 bridgehead atoms. The predicted molar refractivity (Wildman–Crippen MR) is 78.2 cm³/mol. The number of piperazine rings is 1. The van der Waals surface area contributed by atoms with Gasteiger partial charge in [0.05, 0.1) is 6.10 Å². The fourth-order valence-corrected chi connectivity index (χ4v) is 4.46. The van der Waals surface area contributed by atoms with E-state index in [0.717, 1.165) is 18.4 Å². The second-order valence-corrected chi connectivity index (χ2v) is 6.90. The lowest BCUT2D eigenvalue weighted by molar-refractivity contribution is -0.0402. The van der Waals surface area contributed by atoms with Crippen molar-refractivity contribution in [2.24, 2.45) is 5.92 Å². The Morgan fingerprint density at radius 2 is 1.84 bits per heavy atom. The van der Waals surface area contributed by atoms with Crippen LogP contribution in [0.25, 0.3) is 0 Å². The maximum absolute atomic E-state index is 10.4. The molecule has 3 heteroatoms. The lowest BCUT2D eigenvalue weighted by Gasteiger charge is -2.49. The minimum atomic E-state index is -0.0714. The number of hydrogen-bond donors (Lipinski definition) is 1. The summed E-state index contributed by atoms with van der Waals surface area (Å²) in [5.41, 5.74) is 0. The van der Waals surface area contributed by atoms with Gasteiger partial charge in [-0.2, -0.15) is 0 Å². The maximum atomic E-state index is 10.4. The highest BCUT2D eigenvalue weighted by molar-refractivity contribution is 4.92. The highest BCUT2D eigenvalue weighted by Gasteiger charge is 2.37. The van der Waals surface area contributed by atoms with E-state index in [-0.39, 0.29) is 6.10 Å². The molecular weight excluding hydrogens is 236 g/mol. The zero-order valence-electron chi connectivity index (χ0n) is 12.4. The molecule has 2 heterocycles. The van der Waals surface area contributed by atoms with E-state index >= 15 is 0 Å². The zero-order valence-corrected chi connectivity index (χ0v) is 12.4. The molecule has 0 radical (unpaired) electrons.